The van der Waals surface area contributed by atoms with Gasteiger partial charge in [-0.15, -0.1) is 10.2 Å². The van der Waals surface area contributed by atoms with Crippen molar-refractivity contribution in [3.8, 4) is 22.5 Å². The summed E-state index contributed by atoms with van der Waals surface area (Å²) in [6, 6.07) is 27.0. The van der Waals surface area contributed by atoms with Crippen LogP contribution in [-0.2, 0) is 0 Å². The van der Waals surface area contributed by atoms with Crippen LogP contribution >= 0.6 is 31.9 Å². The Morgan fingerprint density at radius 1 is 0.667 bits per heavy atom. The van der Waals surface area contributed by atoms with E-state index in [1.54, 1.807) is 0 Å². The summed E-state index contributed by atoms with van der Waals surface area (Å²) in [4.78, 5) is 0. The zero-order chi connectivity index (χ0) is 18.4. The van der Waals surface area contributed by atoms with Crippen LogP contribution in [0.15, 0.2) is 87.8 Å². The molecule has 0 unspecified atom stereocenters. The highest BCUT2D eigenvalue weighted by molar-refractivity contribution is 9.10. The Kier molecular flexibility index (Phi) is 4.06. The summed E-state index contributed by atoms with van der Waals surface area (Å²) >= 11 is 7.17. The van der Waals surface area contributed by atoms with Gasteiger partial charge in [0, 0.05) is 19.9 Å². The van der Waals surface area contributed by atoms with Gasteiger partial charge in [-0.1, -0.05) is 74.3 Å². The first-order chi connectivity index (χ1) is 13.2. The van der Waals surface area contributed by atoms with Gasteiger partial charge < -0.3 is 0 Å². The monoisotopic (exact) mass is 477 g/mol. The summed E-state index contributed by atoms with van der Waals surface area (Å²) in [5.41, 5.74) is 5.24. The number of hydrogen-bond acceptors (Lipinski definition) is 2. The number of benzene rings is 3. The maximum Gasteiger partial charge on any atom is 0.168 e. The number of halogens is 2. The summed E-state index contributed by atoms with van der Waals surface area (Å²) in [7, 11) is 0. The van der Waals surface area contributed by atoms with Crippen molar-refractivity contribution in [2.45, 2.75) is 0 Å². The molecule has 0 radical (unpaired) electrons. The van der Waals surface area contributed by atoms with Crippen LogP contribution in [0.1, 0.15) is 0 Å². The molecule has 0 N–H and O–H groups in total. The van der Waals surface area contributed by atoms with E-state index < -0.39 is 0 Å². The Morgan fingerprint density at radius 3 is 2.26 bits per heavy atom. The second-order valence-corrected chi connectivity index (χ2v) is 8.14. The molecule has 0 aliphatic carbocycles. The lowest BCUT2D eigenvalue weighted by Gasteiger charge is -2.11. The molecule has 0 fully saturated rings. The van der Waals surface area contributed by atoms with Gasteiger partial charge >= 0.3 is 0 Å². The fourth-order valence-corrected chi connectivity index (χ4v) is 4.18. The first-order valence-corrected chi connectivity index (χ1v) is 10.1. The Hall–Kier alpha value is -2.50. The zero-order valence-electron chi connectivity index (χ0n) is 14.1. The van der Waals surface area contributed by atoms with Crippen molar-refractivity contribution in [2.75, 3.05) is 0 Å². The second kappa shape index (κ2) is 6.59. The summed E-state index contributed by atoms with van der Waals surface area (Å²) in [5, 5.41) is 10.1. The summed E-state index contributed by atoms with van der Waals surface area (Å²) in [5.74, 6) is 0.832. The Morgan fingerprint density at radius 2 is 1.44 bits per heavy atom. The quantitative estimate of drug-likeness (QED) is 0.281. The van der Waals surface area contributed by atoms with Crippen molar-refractivity contribution in [2.24, 2.45) is 0 Å². The maximum atomic E-state index is 4.49. The van der Waals surface area contributed by atoms with Crippen molar-refractivity contribution in [1.82, 2.24) is 14.6 Å². The lowest BCUT2D eigenvalue weighted by Crippen LogP contribution is -1.94. The number of nitrogens with zero attached hydrogens (tertiary/aromatic N) is 3. The van der Waals surface area contributed by atoms with E-state index in [1.165, 1.54) is 0 Å². The molecular formula is C22H13Br2N3. The molecule has 5 aromatic rings. The molecular weight excluding hydrogens is 466 g/mol. The first kappa shape index (κ1) is 16.7. The van der Waals surface area contributed by atoms with Gasteiger partial charge in [-0.2, -0.15) is 0 Å². The molecule has 5 heteroatoms. The number of rotatable bonds is 2. The van der Waals surface area contributed by atoms with Crippen LogP contribution in [0.3, 0.4) is 0 Å². The second-order valence-electron chi connectivity index (χ2n) is 6.31. The van der Waals surface area contributed by atoms with Gasteiger partial charge in [0.25, 0.3) is 0 Å². The molecule has 0 saturated carbocycles. The zero-order valence-corrected chi connectivity index (χ0v) is 17.3. The minimum atomic E-state index is 0.832. The van der Waals surface area contributed by atoms with E-state index in [-0.39, 0.29) is 0 Å². The topological polar surface area (TPSA) is 30.2 Å². The lowest BCUT2D eigenvalue weighted by molar-refractivity contribution is 1.12. The third-order valence-corrected chi connectivity index (χ3v) is 5.61. The average Bonchev–Trinajstić information content (AvgIpc) is 3.12. The van der Waals surface area contributed by atoms with Crippen LogP contribution in [0.4, 0.5) is 0 Å². The molecule has 0 amide bonds. The molecule has 0 aliphatic rings. The number of fused-ring (bicyclic) bond motifs is 3. The number of aromatic nitrogens is 3. The fourth-order valence-electron chi connectivity index (χ4n) is 3.42. The standard InChI is InChI=1S/C22H13Br2N3/c23-16-8-4-7-15(11-16)22-26-25-21-13-18(14-5-2-1-3-6-14)19-12-17(24)9-10-20(19)27(21)22/h1-13H. The van der Waals surface area contributed by atoms with E-state index in [4.69, 9.17) is 0 Å². The molecule has 27 heavy (non-hydrogen) atoms. The van der Waals surface area contributed by atoms with Crippen molar-refractivity contribution >= 4 is 48.4 Å². The predicted molar refractivity (Wildman–Crippen MR) is 117 cm³/mol. The highest BCUT2D eigenvalue weighted by atomic mass is 79.9. The van der Waals surface area contributed by atoms with Gasteiger partial charge in [0.2, 0.25) is 0 Å². The number of pyridine rings is 1. The van der Waals surface area contributed by atoms with Gasteiger partial charge in [-0.25, -0.2) is 0 Å². The molecule has 0 atom stereocenters. The van der Waals surface area contributed by atoms with Crippen LogP contribution in [0.25, 0.3) is 39.1 Å². The first-order valence-electron chi connectivity index (χ1n) is 8.49. The normalized spacial score (nSPS) is 11.3. The third kappa shape index (κ3) is 2.87. The van der Waals surface area contributed by atoms with Gasteiger partial charge in [0.15, 0.2) is 11.5 Å². The molecule has 0 saturated heterocycles. The maximum absolute atomic E-state index is 4.49. The van der Waals surface area contributed by atoms with E-state index in [1.807, 2.05) is 18.2 Å². The molecule has 0 aliphatic heterocycles. The van der Waals surface area contributed by atoms with Crippen LogP contribution in [0.5, 0.6) is 0 Å². The molecule has 5 rings (SSSR count). The molecule has 3 aromatic carbocycles. The van der Waals surface area contributed by atoms with Gasteiger partial charge in [-0.3, -0.25) is 4.40 Å². The minimum absolute atomic E-state index is 0.832. The van der Waals surface area contributed by atoms with E-state index in [9.17, 15) is 0 Å². The smallest absolute Gasteiger partial charge is 0.168 e. The van der Waals surface area contributed by atoms with Crippen LogP contribution in [0.2, 0.25) is 0 Å². The lowest BCUT2D eigenvalue weighted by atomic mass is 10.0. The molecule has 130 valence electrons. The average molecular weight is 479 g/mol. The third-order valence-electron chi connectivity index (χ3n) is 4.62. The Bertz CT molecular complexity index is 1290. The molecule has 0 spiro atoms. The predicted octanol–water partition coefficient (Wildman–Crippen LogP) is 6.74. The van der Waals surface area contributed by atoms with Crippen LogP contribution in [0, 0.1) is 0 Å². The Balaban J connectivity index is 1.89. The van der Waals surface area contributed by atoms with Gasteiger partial charge in [0.1, 0.15) is 0 Å². The molecule has 2 heterocycles. The highest BCUT2D eigenvalue weighted by Gasteiger charge is 2.15. The van der Waals surface area contributed by atoms with Crippen LogP contribution in [-0.4, -0.2) is 14.6 Å². The number of hydrogen-bond donors (Lipinski definition) is 0. The fraction of sp³-hybridized carbons (Fsp3) is 0. The molecule has 0 bridgehead atoms. The minimum Gasteiger partial charge on any atom is -0.275 e. The Labute approximate surface area is 172 Å². The van der Waals surface area contributed by atoms with Gasteiger partial charge in [-0.05, 0) is 47.5 Å². The summed E-state index contributed by atoms with van der Waals surface area (Å²) in [6.45, 7) is 0. The van der Waals surface area contributed by atoms with E-state index in [0.717, 1.165) is 48.0 Å². The highest BCUT2D eigenvalue weighted by Crippen LogP contribution is 2.34. The largest absolute Gasteiger partial charge is 0.275 e. The van der Waals surface area contributed by atoms with Gasteiger partial charge in [0.05, 0.1) is 5.52 Å². The van der Waals surface area contributed by atoms with Crippen molar-refractivity contribution < 1.29 is 0 Å². The summed E-state index contributed by atoms with van der Waals surface area (Å²) < 4.78 is 4.18. The van der Waals surface area contributed by atoms with Crippen molar-refractivity contribution in [3.63, 3.8) is 0 Å². The van der Waals surface area contributed by atoms with E-state index in [0.29, 0.717) is 0 Å². The van der Waals surface area contributed by atoms with Crippen molar-refractivity contribution in [1.29, 1.82) is 0 Å². The van der Waals surface area contributed by atoms with E-state index >= 15 is 0 Å². The molecule has 2 aromatic heterocycles. The SMILES string of the molecule is Brc1cccc(-c2nnc3cc(-c4ccccc4)c4cc(Br)ccc4n23)c1. The summed E-state index contributed by atoms with van der Waals surface area (Å²) in [6.07, 6.45) is 0. The van der Waals surface area contributed by atoms with E-state index in [2.05, 4.69) is 107 Å². The molecule has 3 nitrogen and oxygen atoms in total. The van der Waals surface area contributed by atoms with Crippen molar-refractivity contribution in [3.05, 3.63) is 87.8 Å². The van der Waals surface area contributed by atoms with Crippen LogP contribution < -0.4 is 0 Å².